The minimum atomic E-state index is -0.224. The van der Waals surface area contributed by atoms with Crippen molar-refractivity contribution >= 4 is 11.7 Å². The summed E-state index contributed by atoms with van der Waals surface area (Å²) in [5.74, 6) is 2.30. The molecule has 1 atom stereocenters. The number of benzene rings is 3. The highest BCUT2D eigenvalue weighted by atomic mass is 16.7. The first-order valence-corrected chi connectivity index (χ1v) is 10.7. The van der Waals surface area contributed by atoms with Crippen LogP contribution in [0, 0.1) is 13.8 Å². The largest absolute Gasteiger partial charge is 0.497 e. The molecule has 2 amide bonds. The zero-order chi connectivity index (χ0) is 22.5. The Morgan fingerprint density at radius 2 is 1.69 bits per heavy atom. The lowest BCUT2D eigenvalue weighted by atomic mass is 9.98. The number of anilines is 1. The average Bonchev–Trinajstić information content (AvgIpc) is 3.25. The third-order valence-corrected chi connectivity index (χ3v) is 5.75. The van der Waals surface area contributed by atoms with Gasteiger partial charge in [0.25, 0.3) is 0 Å². The van der Waals surface area contributed by atoms with E-state index in [0.29, 0.717) is 12.8 Å². The van der Waals surface area contributed by atoms with Crippen molar-refractivity contribution in [2.75, 3.05) is 19.2 Å². The standard InChI is InChI=1S/C26H28N2O4/c1-17-5-4-6-23(18(17)2)28-26(29)27-21(13-19-7-10-22(30-3)11-8-19)14-20-9-12-24-25(15-20)32-16-31-24/h4-12,15,21H,13-14,16H2,1-3H3,(H2,27,28,29). The smallest absolute Gasteiger partial charge is 0.319 e. The van der Waals surface area contributed by atoms with Crippen molar-refractivity contribution in [1.29, 1.82) is 0 Å². The number of amides is 2. The minimum Gasteiger partial charge on any atom is -0.497 e. The molecule has 0 aliphatic carbocycles. The molecule has 1 aliphatic rings. The van der Waals surface area contributed by atoms with Gasteiger partial charge in [-0.25, -0.2) is 4.79 Å². The molecule has 0 spiro atoms. The van der Waals surface area contributed by atoms with E-state index in [0.717, 1.165) is 45.2 Å². The lowest BCUT2D eigenvalue weighted by Gasteiger charge is -2.21. The Labute approximate surface area is 188 Å². The van der Waals surface area contributed by atoms with E-state index in [1.165, 1.54) is 0 Å². The second-order valence-corrected chi connectivity index (χ2v) is 7.99. The Balaban J connectivity index is 1.50. The predicted molar refractivity (Wildman–Crippen MR) is 125 cm³/mol. The Bertz CT molecular complexity index is 1100. The second kappa shape index (κ2) is 9.64. The van der Waals surface area contributed by atoms with Crippen LogP contribution in [-0.2, 0) is 12.8 Å². The summed E-state index contributed by atoms with van der Waals surface area (Å²) in [7, 11) is 1.65. The fourth-order valence-corrected chi connectivity index (χ4v) is 3.80. The predicted octanol–water partition coefficient (Wildman–Crippen LogP) is 5.02. The molecule has 166 valence electrons. The van der Waals surface area contributed by atoms with Crippen molar-refractivity contribution in [3.8, 4) is 17.2 Å². The number of fused-ring (bicyclic) bond motifs is 1. The van der Waals surface area contributed by atoms with Gasteiger partial charge in [-0.1, -0.05) is 30.3 Å². The number of carbonyl (C=O) groups is 1. The molecule has 32 heavy (non-hydrogen) atoms. The van der Waals surface area contributed by atoms with Gasteiger partial charge in [0.1, 0.15) is 5.75 Å². The molecule has 1 heterocycles. The van der Waals surface area contributed by atoms with Crippen LogP contribution in [0.3, 0.4) is 0 Å². The van der Waals surface area contributed by atoms with Gasteiger partial charge in [0, 0.05) is 11.7 Å². The van der Waals surface area contributed by atoms with Crippen LogP contribution in [0.25, 0.3) is 0 Å². The summed E-state index contributed by atoms with van der Waals surface area (Å²) < 4.78 is 16.2. The van der Waals surface area contributed by atoms with Crippen molar-refractivity contribution < 1.29 is 19.0 Å². The van der Waals surface area contributed by atoms with Crippen LogP contribution in [0.2, 0.25) is 0 Å². The van der Waals surface area contributed by atoms with Crippen LogP contribution < -0.4 is 24.8 Å². The van der Waals surface area contributed by atoms with Gasteiger partial charge in [-0.3, -0.25) is 0 Å². The molecule has 1 aliphatic heterocycles. The van der Waals surface area contributed by atoms with Crippen molar-refractivity contribution in [3.05, 3.63) is 82.9 Å². The van der Waals surface area contributed by atoms with Gasteiger partial charge in [0.15, 0.2) is 11.5 Å². The monoisotopic (exact) mass is 432 g/mol. The summed E-state index contributed by atoms with van der Waals surface area (Å²) in [6.07, 6.45) is 1.33. The molecular formula is C26H28N2O4. The first-order chi connectivity index (χ1) is 15.5. The Morgan fingerprint density at radius 1 is 0.969 bits per heavy atom. The third-order valence-electron chi connectivity index (χ3n) is 5.75. The Kier molecular flexibility index (Phi) is 6.50. The highest BCUT2D eigenvalue weighted by molar-refractivity contribution is 5.90. The molecule has 0 fully saturated rings. The molecular weight excluding hydrogens is 404 g/mol. The van der Waals surface area contributed by atoms with Crippen molar-refractivity contribution in [1.82, 2.24) is 5.32 Å². The van der Waals surface area contributed by atoms with Crippen LogP contribution in [0.4, 0.5) is 10.5 Å². The number of aryl methyl sites for hydroxylation is 1. The summed E-state index contributed by atoms with van der Waals surface area (Å²) in [5.41, 5.74) is 5.19. The summed E-state index contributed by atoms with van der Waals surface area (Å²) in [6, 6.07) is 19.4. The molecule has 0 bridgehead atoms. The van der Waals surface area contributed by atoms with E-state index in [4.69, 9.17) is 14.2 Å². The molecule has 0 aromatic heterocycles. The summed E-state index contributed by atoms with van der Waals surface area (Å²) in [6.45, 7) is 4.28. The summed E-state index contributed by atoms with van der Waals surface area (Å²) in [4.78, 5) is 12.9. The maximum atomic E-state index is 12.9. The van der Waals surface area contributed by atoms with Gasteiger partial charge < -0.3 is 24.8 Å². The maximum Gasteiger partial charge on any atom is 0.319 e. The first-order valence-electron chi connectivity index (χ1n) is 10.7. The highest BCUT2D eigenvalue weighted by Crippen LogP contribution is 2.33. The van der Waals surface area contributed by atoms with Gasteiger partial charge in [-0.05, 0) is 79.3 Å². The van der Waals surface area contributed by atoms with Crippen LogP contribution in [-0.4, -0.2) is 26.0 Å². The number of hydrogen-bond donors (Lipinski definition) is 2. The number of methoxy groups -OCH3 is 1. The highest BCUT2D eigenvalue weighted by Gasteiger charge is 2.18. The lowest BCUT2D eigenvalue weighted by Crippen LogP contribution is -2.40. The summed E-state index contributed by atoms with van der Waals surface area (Å²) >= 11 is 0. The molecule has 3 aromatic rings. The zero-order valence-corrected chi connectivity index (χ0v) is 18.6. The normalized spacial score (nSPS) is 12.8. The number of ether oxygens (including phenoxy) is 3. The molecule has 4 rings (SSSR count). The zero-order valence-electron chi connectivity index (χ0n) is 18.6. The van der Waals surface area contributed by atoms with Gasteiger partial charge >= 0.3 is 6.03 Å². The van der Waals surface area contributed by atoms with Crippen molar-refractivity contribution in [3.63, 3.8) is 0 Å². The number of carbonyl (C=O) groups excluding carboxylic acids is 1. The van der Waals surface area contributed by atoms with Gasteiger partial charge in [-0.2, -0.15) is 0 Å². The number of rotatable bonds is 7. The average molecular weight is 433 g/mol. The van der Waals surface area contributed by atoms with Crippen molar-refractivity contribution in [2.24, 2.45) is 0 Å². The number of hydrogen-bond acceptors (Lipinski definition) is 4. The number of urea groups is 1. The van der Waals surface area contributed by atoms with E-state index in [2.05, 4.69) is 10.6 Å². The first kappa shape index (κ1) is 21.6. The van der Waals surface area contributed by atoms with Crippen LogP contribution >= 0.6 is 0 Å². The van der Waals surface area contributed by atoms with Crippen LogP contribution in [0.15, 0.2) is 60.7 Å². The van der Waals surface area contributed by atoms with Crippen LogP contribution in [0.1, 0.15) is 22.3 Å². The Hall–Kier alpha value is -3.67. The molecule has 0 radical (unpaired) electrons. The molecule has 6 heteroatoms. The third kappa shape index (κ3) is 5.14. The molecule has 6 nitrogen and oxygen atoms in total. The fraction of sp³-hybridized carbons (Fsp3) is 0.269. The van der Waals surface area contributed by atoms with E-state index in [-0.39, 0.29) is 18.9 Å². The van der Waals surface area contributed by atoms with Gasteiger partial charge in [0.05, 0.1) is 7.11 Å². The van der Waals surface area contributed by atoms with E-state index in [1.54, 1.807) is 7.11 Å². The number of nitrogens with one attached hydrogen (secondary N) is 2. The quantitative estimate of drug-likeness (QED) is 0.550. The second-order valence-electron chi connectivity index (χ2n) is 7.99. The van der Waals surface area contributed by atoms with E-state index >= 15 is 0 Å². The van der Waals surface area contributed by atoms with Crippen LogP contribution in [0.5, 0.6) is 17.2 Å². The lowest BCUT2D eigenvalue weighted by molar-refractivity contribution is 0.174. The molecule has 0 saturated carbocycles. The van der Waals surface area contributed by atoms with Gasteiger partial charge in [0.2, 0.25) is 6.79 Å². The minimum absolute atomic E-state index is 0.117. The van der Waals surface area contributed by atoms with Crippen molar-refractivity contribution in [2.45, 2.75) is 32.7 Å². The molecule has 2 N–H and O–H groups in total. The maximum absolute atomic E-state index is 12.9. The fourth-order valence-electron chi connectivity index (χ4n) is 3.80. The molecule has 3 aromatic carbocycles. The summed E-state index contributed by atoms with van der Waals surface area (Å²) in [5, 5.41) is 6.15. The topological polar surface area (TPSA) is 68.8 Å². The van der Waals surface area contributed by atoms with E-state index in [9.17, 15) is 4.79 Å². The van der Waals surface area contributed by atoms with E-state index in [1.807, 2.05) is 74.5 Å². The van der Waals surface area contributed by atoms with E-state index < -0.39 is 0 Å². The van der Waals surface area contributed by atoms with Gasteiger partial charge in [-0.15, -0.1) is 0 Å². The molecule has 1 unspecified atom stereocenters. The molecule has 0 saturated heterocycles. The SMILES string of the molecule is COc1ccc(CC(Cc2ccc3c(c2)OCO3)NC(=O)Nc2cccc(C)c2C)cc1. The Morgan fingerprint density at radius 3 is 2.47 bits per heavy atom.